The maximum atomic E-state index is 8.97. The molecule has 1 aliphatic rings. The van der Waals surface area contributed by atoms with Crippen LogP contribution in [-0.4, -0.2) is 11.7 Å². The molecule has 2 nitrogen and oxygen atoms in total. The molecule has 1 aliphatic carbocycles. The Morgan fingerprint density at radius 3 is 2.89 bits per heavy atom. The van der Waals surface area contributed by atoms with E-state index in [0.717, 1.165) is 24.8 Å². The monoisotopic (exact) mass is 241 g/mol. The Kier molecular flexibility index (Phi) is 3.84. The highest BCUT2D eigenvalue weighted by Gasteiger charge is 2.27. The van der Waals surface area contributed by atoms with Crippen LogP contribution in [0.4, 0.5) is 0 Å². The van der Waals surface area contributed by atoms with E-state index in [4.69, 9.17) is 10.4 Å². The summed E-state index contributed by atoms with van der Waals surface area (Å²) in [6.45, 7) is 4.47. The van der Waals surface area contributed by atoms with Crippen molar-refractivity contribution in [2.75, 3.05) is 6.61 Å². The lowest BCUT2D eigenvalue weighted by Crippen LogP contribution is -2.00. The Morgan fingerprint density at radius 2 is 2.22 bits per heavy atom. The molecule has 0 saturated carbocycles. The van der Waals surface area contributed by atoms with E-state index in [1.165, 1.54) is 22.3 Å². The van der Waals surface area contributed by atoms with E-state index in [1.807, 2.05) is 0 Å². The minimum atomic E-state index is 0.227. The molecule has 2 rings (SSSR count). The first kappa shape index (κ1) is 12.9. The summed E-state index contributed by atoms with van der Waals surface area (Å²) in [5, 5.41) is 17.9. The summed E-state index contributed by atoms with van der Waals surface area (Å²) < 4.78 is 0. The summed E-state index contributed by atoms with van der Waals surface area (Å²) in [6.07, 6.45) is 4.46. The average molecular weight is 241 g/mol. The van der Waals surface area contributed by atoms with E-state index in [1.54, 1.807) is 6.08 Å². The van der Waals surface area contributed by atoms with Gasteiger partial charge in [0.05, 0.1) is 6.07 Å². The molecule has 94 valence electrons. The molecule has 1 atom stereocenters. The van der Waals surface area contributed by atoms with Crippen molar-refractivity contribution in [1.29, 1.82) is 5.26 Å². The van der Waals surface area contributed by atoms with Gasteiger partial charge in [0.15, 0.2) is 0 Å². The van der Waals surface area contributed by atoms with Crippen molar-refractivity contribution in [1.82, 2.24) is 0 Å². The van der Waals surface area contributed by atoms with Gasteiger partial charge in [-0.3, -0.25) is 0 Å². The van der Waals surface area contributed by atoms with Crippen LogP contribution in [0.1, 0.15) is 35.1 Å². The van der Waals surface area contributed by atoms with Gasteiger partial charge in [-0.1, -0.05) is 17.7 Å². The molecule has 0 heterocycles. The topological polar surface area (TPSA) is 44.0 Å². The predicted molar refractivity (Wildman–Crippen MR) is 73.0 cm³/mol. The fourth-order valence-corrected chi connectivity index (χ4v) is 2.96. The molecular formula is C16H19NO. The number of benzene rings is 1. The van der Waals surface area contributed by atoms with Gasteiger partial charge < -0.3 is 5.11 Å². The molecule has 0 aliphatic heterocycles. The second kappa shape index (κ2) is 5.37. The van der Waals surface area contributed by atoms with Crippen LogP contribution in [0.5, 0.6) is 0 Å². The van der Waals surface area contributed by atoms with E-state index in [2.05, 4.69) is 32.0 Å². The third-order valence-corrected chi connectivity index (χ3v) is 3.75. The van der Waals surface area contributed by atoms with Crippen LogP contribution in [-0.2, 0) is 6.42 Å². The SMILES string of the molecule is Cc1cc(C)c2c(c1)C(=CC#N)C(CCCO)C2. The highest BCUT2D eigenvalue weighted by molar-refractivity contribution is 5.77. The zero-order valence-electron chi connectivity index (χ0n) is 11.0. The van der Waals surface area contributed by atoms with Crippen molar-refractivity contribution < 1.29 is 5.11 Å². The summed E-state index contributed by atoms with van der Waals surface area (Å²) in [6, 6.07) is 6.56. The molecule has 1 unspecified atom stereocenters. The Morgan fingerprint density at radius 1 is 1.44 bits per heavy atom. The molecule has 1 aromatic carbocycles. The normalized spacial score (nSPS) is 19.9. The molecule has 1 aromatic rings. The van der Waals surface area contributed by atoms with Crippen molar-refractivity contribution in [2.24, 2.45) is 5.92 Å². The summed E-state index contributed by atoms with van der Waals surface area (Å²) in [5.41, 5.74) is 6.35. The van der Waals surface area contributed by atoms with E-state index in [9.17, 15) is 0 Å². The number of fused-ring (bicyclic) bond motifs is 1. The fraction of sp³-hybridized carbons (Fsp3) is 0.438. The highest BCUT2D eigenvalue weighted by Crippen LogP contribution is 2.41. The average Bonchev–Trinajstić information content (AvgIpc) is 2.66. The van der Waals surface area contributed by atoms with Crippen molar-refractivity contribution in [3.8, 4) is 6.07 Å². The Balaban J connectivity index is 2.41. The number of nitriles is 1. The number of hydrogen-bond donors (Lipinski definition) is 1. The second-order valence-corrected chi connectivity index (χ2v) is 5.10. The summed E-state index contributed by atoms with van der Waals surface area (Å²) >= 11 is 0. The number of aliphatic hydroxyl groups excluding tert-OH is 1. The van der Waals surface area contributed by atoms with Gasteiger partial charge in [-0.2, -0.15) is 5.26 Å². The zero-order valence-corrected chi connectivity index (χ0v) is 11.0. The molecule has 0 amide bonds. The summed E-state index contributed by atoms with van der Waals surface area (Å²) in [4.78, 5) is 0. The number of allylic oxidation sites excluding steroid dienone is 2. The van der Waals surface area contributed by atoms with E-state index in [-0.39, 0.29) is 6.61 Å². The van der Waals surface area contributed by atoms with Gasteiger partial charge in [0.1, 0.15) is 0 Å². The van der Waals surface area contributed by atoms with Crippen molar-refractivity contribution in [3.63, 3.8) is 0 Å². The summed E-state index contributed by atoms with van der Waals surface area (Å²) in [5.74, 6) is 0.396. The lowest BCUT2D eigenvalue weighted by molar-refractivity contribution is 0.278. The predicted octanol–water partition coefficient (Wildman–Crippen LogP) is 3.16. The third-order valence-electron chi connectivity index (χ3n) is 3.75. The highest BCUT2D eigenvalue weighted by atomic mass is 16.2. The molecule has 0 saturated heterocycles. The largest absolute Gasteiger partial charge is 0.396 e. The minimum Gasteiger partial charge on any atom is -0.396 e. The van der Waals surface area contributed by atoms with Crippen LogP contribution in [0, 0.1) is 31.1 Å². The van der Waals surface area contributed by atoms with Gasteiger partial charge in [-0.25, -0.2) is 0 Å². The molecule has 0 radical (unpaired) electrons. The van der Waals surface area contributed by atoms with Crippen LogP contribution in [0.3, 0.4) is 0 Å². The van der Waals surface area contributed by atoms with Gasteiger partial charge in [0, 0.05) is 12.7 Å². The lowest BCUT2D eigenvalue weighted by Gasteiger charge is -2.10. The molecule has 2 heteroatoms. The Bertz CT molecular complexity index is 523. The number of nitrogens with zero attached hydrogens (tertiary/aromatic N) is 1. The molecule has 0 spiro atoms. The quantitative estimate of drug-likeness (QED) is 0.826. The Hall–Kier alpha value is -1.59. The van der Waals surface area contributed by atoms with E-state index < -0.39 is 0 Å². The van der Waals surface area contributed by atoms with Crippen LogP contribution >= 0.6 is 0 Å². The number of rotatable bonds is 3. The number of aliphatic hydroxyl groups is 1. The van der Waals surface area contributed by atoms with E-state index in [0.29, 0.717) is 5.92 Å². The van der Waals surface area contributed by atoms with Crippen molar-refractivity contribution in [3.05, 3.63) is 40.5 Å². The maximum absolute atomic E-state index is 8.97. The van der Waals surface area contributed by atoms with Gasteiger partial charge in [-0.15, -0.1) is 0 Å². The van der Waals surface area contributed by atoms with Crippen molar-refractivity contribution >= 4 is 5.57 Å². The van der Waals surface area contributed by atoms with Crippen molar-refractivity contribution in [2.45, 2.75) is 33.1 Å². The molecular weight excluding hydrogens is 222 g/mol. The molecule has 1 N–H and O–H groups in total. The molecule has 0 bridgehead atoms. The smallest absolute Gasteiger partial charge is 0.0915 e. The number of aryl methyl sites for hydroxylation is 2. The minimum absolute atomic E-state index is 0.227. The first-order chi connectivity index (χ1) is 8.67. The first-order valence-corrected chi connectivity index (χ1v) is 6.48. The standard InChI is InChI=1S/C16H19NO/c1-11-8-12(2)15-10-13(4-3-7-18)14(5-6-17)16(15)9-11/h5,8-9,13,18H,3-4,7,10H2,1-2H3. The Labute approximate surface area is 109 Å². The van der Waals surface area contributed by atoms with Crippen LogP contribution in [0.15, 0.2) is 18.2 Å². The zero-order chi connectivity index (χ0) is 13.1. The van der Waals surface area contributed by atoms with Gasteiger partial charge in [0.2, 0.25) is 0 Å². The van der Waals surface area contributed by atoms with E-state index >= 15 is 0 Å². The summed E-state index contributed by atoms with van der Waals surface area (Å²) in [7, 11) is 0. The molecule has 0 aromatic heterocycles. The fourth-order valence-electron chi connectivity index (χ4n) is 2.96. The second-order valence-electron chi connectivity index (χ2n) is 5.10. The molecule has 18 heavy (non-hydrogen) atoms. The van der Waals surface area contributed by atoms with Gasteiger partial charge >= 0.3 is 0 Å². The van der Waals surface area contributed by atoms with Gasteiger partial charge in [0.25, 0.3) is 0 Å². The van der Waals surface area contributed by atoms with Gasteiger partial charge in [-0.05, 0) is 61.3 Å². The maximum Gasteiger partial charge on any atom is 0.0915 e. The lowest BCUT2D eigenvalue weighted by atomic mass is 9.94. The number of hydrogen-bond acceptors (Lipinski definition) is 2. The van der Waals surface area contributed by atoms with Crippen LogP contribution in [0.2, 0.25) is 0 Å². The van der Waals surface area contributed by atoms with Crippen LogP contribution < -0.4 is 0 Å². The first-order valence-electron chi connectivity index (χ1n) is 6.48. The van der Waals surface area contributed by atoms with Crippen LogP contribution in [0.25, 0.3) is 5.57 Å². The third kappa shape index (κ3) is 2.32. The molecule has 0 fully saturated rings.